The van der Waals surface area contributed by atoms with Gasteiger partial charge in [0.1, 0.15) is 5.75 Å². The maximum Gasteiger partial charge on any atom is 0.133 e. The van der Waals surface area contributed by atoms with Gasteiger partial charge in [0.2, 0.25) is 0 Å². The summed E-state index contributed by atoms with van der Waals surface area (Å²) in [4.78, 5) is 0. The van der Waals surface area contributed by atoms with Gasteiger partial charge >= 0.3 is 0 Å². The van der Waals surface area contributed by atoms with Gasteiger partial charge in [-0.15, -0.1) is 0 Å². The van der Waals surface area contributed by atoms with Crippen molar-refractivity contribution >= 4 is 22.0 Å². The van der Waals surface area contributed by atoms with E-state index in [0.717, 1.165) is 36.2 Å². The molecule has 0 aliphatic carbocycles. The van der Waals surface area contributed by atoms with Crippen LogP contribution in [0.2, 0.25) is 0 Å². The number of methoxy groups -OCH3 is 1. The highest BCUT2D eigenvalue weighted by Crippen LogP contribution is 2.27. The van der Waals surface area contributed by atoms with Gasteiger partial charge in [0.05, 0.1) is 11.6 Å². The van der Waals surface area contributed by atoms with Crippen LogP contribution in [-0.2, 0) is 0 Å². The van der Waals surface area contributed by atoms with Crippen LogP contribution in [-0.4, -0.2) is 20.2 Å². The molecule has 16 heavy (non-hydrogen) atoms. The van der Waals surface area contributed by atoms with Crippen molar-refractivity contribution < 1.29 is 4.74 Å². The second kappa shape index (κ2) is 5.51. The second-order valence-corrected chi connectivity index (χ2v) is 4.80. The van der Waals surface area contributed by atoms with Gasteiger partial charge < -0.3 is 10.1 Å². The number of halogens is 1. The quantitative estimate of drug-likeness (QED) is 0.899. The Balaban J connectivity index is 2.17. The maximum absolute atomic E-state index is 5.21. The Labute approximate surface area is 105 Å². The van der Waals surface area contributed by atoms with Crippen molar-refractivity contribution in [3.8, 4) is 5.75 Å². The summed E-state index contributed by atoms with van der Waals surface area (Å²) in [7, 11) is 1.69. The van der Waals surface area contributed by atoms with Crippen LogP contribution >= 0.6 is 15.9 Å². The van der Waals surface area contributed by atoms with E-state index in [1.54, 1.807) is 7.11 Å². The fraction of sp³-hybridized carbons (Fsp3) is 0.385. The summed E-state index contributed by atoms with van der Waals surface area (Å²) in [6, 6.07) is 6.20. The van der Waals surface area contributed by atoms with Crippen LogP contribution in [0.5, 0.6) is 5.75 Å². The number of nitrogens with one attached hydrogen (secondary N) is 1. The first-order valence-electron chi connectivity index (χ1n) is 5.53. The summed E-state index contributed by atoms with van der Waals surface area (Å²) in [5.41, 5.74) is 2.76. The SMILES string of the molecule is COc1ccc(C=C2CCNCC2)cc1Br. The summed E-state index contributed by atoms with van der Waals surface area (Å²) in [5, 5.41) is 3.36. The van der Waals surface area contributed by atoms with Crippen LogP contribution in [0.4, 0.5) is 0 Å². The lowest BCUT2D eigenvalue weighted by Gasteiger charge is -2.15. The fourth-order valence-corrected chi connectivity index (χ4v) is 2.46. The second-order valence-electron chi connectivity index (χ2n) is 3.95. The lowest BCUT2D eigenvalue weighted by atomic mass is 10.0. The van der Waals surface area contributed by atoms with Crippen LogP contribution < -0.4 is 10.1 Å². The molecule has 0 spiro atoms. The minimum atomic E-state index is 0.882. The number of piperidine rings is 1. The third-order valence-corrected chi connectivity index (χ3v) is 3.41. The minimum absolute atomic E-state index is 0.882. The zero-order valence-electron chi connectivity index (χ0n) is 9.42. The monoisotopic (exact) mass is 281 g/mol. The largest absolute Gasteiger partial charge is 0.496 e. The third kappa shape index (κ3) is 2.86. The van der Waals surface area contributed by atoms with Crippen molar-refractivity contribution in [2.45, 2.75) is 12.8 Å². The van der Waals surface area contributed by atoms with Crippen LogP contribution in [0, 0.1) is 0 Å². The van der Waals surface area contributed by atoms with E-state index < -0.39 is 0 Å². The Morgan fingerprint density at radius 3 is 2.69 bits per heavy atom. The molecule has 1 aromatic carbocycles. The van der Waals surface area contributed by atoms with E-state index in [4.69, 9.17) is 4.74 Å². The molecule has 2 rings (SSSR count). The van der Waals surface area contributed by atoms with Crippen LogP contribution in [0.15, 0.2) is 28.2 Å². The lowest BCUT2D eigenvalue weighted by molar-refractivity contribution is 0.412. The molecule has 0 saturated carbocycles. The molecule has 0 radical (unpaired) electrons. The molecule has 0 amide bonds. The van der Waals surface area contributed by atoms with Gasteiger partial charge in [-0.2, -0.15) is 0 Å². The molecule has 1 aliphatic rings. The summed E-state index contributed by atoms with van der Waals surface area (Å²) in [5.74, 6) is 0.882. The first kappa shape index (κ1) is 11.7. The van der Waals surface area contributed by atoms with E-state index in [9.17, 15) is 0 Å². The molecule has 0 aromatic heterocycles. The molecule has 1 aliphatic heterocycles. The lowest BCUT2D eigenvalue weighted by Crippen LogP contribution is -2.22. The molecule has 1 heterocycles. The normalized spacial score (nSPS) is 16.0. The van der Waals surface area contributed by atoms with E-state index in [1.165, 1.54) is 11.1 Å². The van der Waals surface area contributed by atoms with Crippen molar-refractivity contribution in [1.82, 2.24) is 5.32 Å². The third-order valence-electron chi connectivity index (χ3n) is 2.79. The van der Waals surface area contributed by atoms with Crippen molar-refractivity contribution in [1.29, 1.82) is 0 Å². The molecular formula is C13H16BrNO. The first-order valence-corrected chi connectivity index (χ1v) is 6.32. The standard InChI is InChI=1S/C13H16BrNO/c1-16-13-3-2-11(9-12(13)14)8-10-4-6-15-7-5-10/h2-3,8-9,15H,4-7H2,1H3. The molecule has 1 fully saturated rings. The molecule has 1 N–H and O–H groups in total. The Morgan fingerprint density at radius 1 is 1.31 bits per heavy atom. The van der Waals surface area contributed by atoms with Gasteiger partial charge in [-0.05, 0) is 59.6 Å². The Hall–Kier alpha value is -0.800. The Kier molecular flexibility index (Phi) is 4.02. The van der Waals surface area contributed by atoms with Gasteiger partial charge in [-0.25, -0.2) is 0 Å². The summed E-state index contributed by atoms with van der Waals surface area (Å²) >= 11 is 3.51. The van der Waals surface area contributed by atoms with Gasteiger partial charge in [-0.3, -0.25) is 0 Å². The highest BCUT2D eigenvalue weighted by atomic mass is 79.9. The van der Waals surface area contributed by atoms with Gasteiger partial charge in [-0.1, -0.05) is 17.7 Å². The number of hydrogen-bond donors (Lipinski definition) is 1. The Morgan fingerprint density at radius 2 is 2.06 bits per heavy atom. The van der Waals surface area contributed by atoms with E-state index in [1.807, 2.05) is 6.07 Å². The molecule has 1 saturated heterocycles. The van der Waals surface area contributed by atoms with Crippen molar-refractivity contribution in [2.24, 2.45) is 0 Å². The van der Waals surface area contributed by atoms with Crippen molar-refractivity contribution in [3.63, 3.8) is 0 Å². The summed E-state index contributed by atoms with van der Waals surface area (Å²) in [6.45, 7) is 2.20. The number of rotatable bonds is 2. The smallest absolute Gasteiger partial charge is 0.133 e. The molecule has 1 aromatic rings. The first-order chi connectivity index (χ1) is 7.79. The predicted molar refractivity (Wildman–Crippen MR) is 70.8 cm³/mol. The molecule has 2 nitrogen and oxygen atoms in total. The van der Waals surface area contributed by atoms with Gasteiger partial charge in [0.15, 0.2) is 0 Å². The van der Waals surface area contributed by atoms with E-state index in [0.29, 0.717) is 0 Å². The van der Waals surface area contributed by atoms with E-state index >= 15 is 0 Å². The fourth-order valence-electron chi connectivity index (χ4n) is 1.90. The molecule has 0 unspecified atom stereocenters. The molecule has 86 valence electrons. The van der Waals surface area contributed by atoms with E-state index in [-0.39, 0.29) is 0 Å². The topological polar surface area (TPSA) is 21.3 Å². The van der Waals surface area contributed by atoms with E-state index in [2.05, 4.69) is 39.5 Å². The number of benzene rings is 1. The Bertz CT molecular complexity index is 393. The molecule has 0 atom stereocenters. The summed E-state index contributed by atoms with van der Waals surface area (Å²) in [6.07, 6.45) is 4.60. The molecule has 0 bridgehead atoms. The average Bonchev–Trinajstić information content (AvgIpc) is 2.31. The highest BCUT2D eigenvalue weighted by molar-refractivity contribution is 9.10. The highest BCUT2D eigenvalue weighted by Gasteiger charge is 2.05. The van der Waals surface area contributed by atoms with Crippen molar-refractivity contribution in [2.75, 3.05) is 20.2 Å². The van der Waals surface area contributed by atoms with Crippen LogP contribution in [0.1, 0.15) is 18.4 Å². The number of ether oxygens (including phenoxy) is 1. The maximum atomic E-state index is 5.21. The van der Waals surface area contributed by atoms with Gasteiger partial charge in [0, 0.05) is 0 Å². The number of hydrogen-bond acceptors (Lipinski definition) is 2. The average molecular weight is 282 g/mol. The zero-order valence-corrected chi connectivity index (χ0v) is 11.0. The molecule has 3 heteroatoms. The predicted octanol–water partition coefficient (Wildman–Crippen LogP) is 3.22. The minimum Gasteiger partial charge on any atom is -0.496 e. The van der Waals surface area contributed by atoms with Crippen molar-refractivity contribution in [3.05, 3.63) is 33.8 Å². The molecular weight excluding hydrogens is 266 g/mol. The van der Waals surface area contributed by atoms with Crippen LogP contribution in [0.3, 0.4) is 0 Å². The zero-order chi connectivity index (χ0) is 11.4. The van der Waals surface area contributed by atoms with Crippen LogP contribution in [0.25, 0.3) is 6.08 Å². The van der Waals surface area contributed by atoms with Gasteiger partial charge in [0.25, 0.3) is 0 Å². The summed E-state index contributed by atoms with van der Waals surface area (Å²) < 4.78 is 6.22.